The Kier molecular flexibility index (Phi) is 4.87. The molecule has 2 N–H and O–H groups in total. The first-order valence-corrected chi connectivity index (χ1v) is 10.4. The van der Waals surface area contributed by atoms with Crippen molar-refractivity contribution in [2.75, 3.05) is 18.4 Å². The summed E-state index contributed by atoms with van der Waals surface area (Å²) in [6.45, 7) is 1.26. The van der Waals surface area contributed by atoms with Gasteiger partial charge in [-0.05, 0) is 37.1 Å². The number of phenols is 1. The van der Waals surface area contributed by atoms with Crippen molar-refractivity contribution in [2.24, 2.45) is 5.92 Å². The quantitative estimate of drug-likeness (QED) is 0.623. The van der Waals surface area contributed by atoms with Crippen LogP contribution >= 0.6 is 0 Å². The third-order valence-electron chi connectivity index (χ3n) is 5.95. The van der Waals surface area contributed by atoms with Crippen LogP contribution in [0.3, 0.4) is 0 Å². The van der Waals surface area contributed by atoms with Crippen LogP contribution < -0.4 is 5.32 Å². The molecule has 5 rings (SSSR count). The summed E-state index contributed by atoms with van der Waals surface area (Å²) in [6, 6.07) is 4.84. The molecule has 1 aliphatic carbocycles. The Morgan fingerprint density at radius 3 is 2.69 bits per heavy atom. The van der Waals surface area contributed by atoms with Crippen molar-refractivity contribution < 1.29 is 23.1 Å². The Morgan fingerprint density at radius 2 is 1.97 bits per heavy atom. The highest BCUT2D eigenvalue weighted by molar-refractivity contribution is 6.00. The number of nitrogens with zero attached hydrogens (tertiary/aromatic N) is 4. The van der Waals surface area contributed by atoms with Crippen molar-refractivity contribution in [3.63, 3.8) is 0 Å². The molecule has 0 spiro atoms. The number of halogens is 3. The molecule has 1 atom stereocenters. The number of nitrogens with one attached hydrogen (secondary N) is 1. The second kappa shape index (κ2) is 7.61. The molecule has 1 aliphatic heterocycles. The molecule has 0 unspecified atom stereocenters. The molecule has 1 saturated heterocycles. The highest BCUT2D eigenvalue weighted by Gasteiger charge is 2.39. The van der Waals surface area contributed by atoms with Crippen molar-refractivity contribution >= 4 is 22.5 Å². The molecule has 1 amide bonds. The number of aromatic nitrogens is 3. The third kappa shape index (κ3) is 3.80. The zero-order valence-electron chi connectivity index (χ0n) is 16.9. The summed E-state index contributed by atoms with van der Waals surface area (Å²) in [7, 11) is 0. The number of amides is 1. The van der Waals surface area contributed by atoms with Crippen LogP contribution in [0, 0.1) is 5.92 Å². The number of aromatic hydroxyl groups is 1. The van der Waals surface area contributed by atoms with E-state index in [4.69, 9.17) is 0 Å². The van der Waals surface area contributed by atoms with Crippen LogP contribution in [0.5, 0.6) is 5.75 Å². The topological polar surface area (TPSA) is 91.2 Å². The first kappa shape index (κ1) is 20.5. The van der Waals surface area contributed by atoms with E-state index in [0.717, 1.165) is 25.5 Å². The van der Waals surface area contributed by atoms with Crippen molar-refractivity contribution in [2.45, 2.75) is 31.5 Å². The third-order valence-corrected chi connectivity index (χ3v) is 5.95. The fourth-order valence-electron chi connectivity index (χ4n) is 4.16. The Balaban J connectivity index is 1.42. The fraction of sp³-hybridized carbons (Fsp3) is 0.364. The number of alkyl halides is 3. The van der Waals surface area contributed by atoms with Gasteiger partial charge in [0.2, 0.25) is 5.91 Å². The standard InChI is InChI=1S/C22H20F3N5O2/c23-22(24,25)13-1-4-16(18(31)8-13)20-15-5-6-26-10-17(15)21(29-28-20)27-9-12-7-19(32)30(11-12)14-2-3-14/h1,4-6,8,10,12,14,31H,2-3,7,9,11H2,(H,27,29)/t12-/m0/s1. The molecular formula is C22H20F3N5O2. The SMILES string of the molecule is O=C1C[C@@H](CNc2nnc(-c3ccc(C(F)(F)F)cc3O)c3ccncc23)CN1C1CC1. The number of carbonyl (C=O) groups excluding carboxylic acids is 1. The second-order valence-corrected chi connectivity index (χ2v) is 8.28. The van der Waals surface area contributed by atoms with Gasteiger partial charge in [-0.1, -0.05) is 0 Å². The molecule has 1 aromatic carbocycles. The van der Waals surface area contributed by atoms with Gasteiger partial charge in [0.05, 0.1) is 5.56 Å². The maximum atomic E-state index is 12.9. The van der Waals surface area contributed by atoms with Gasteiger partial charge in [0.1, 0.15) is 11.4 Å². The Labute approximate surface area is 181 Å². The molecule has 2 aromatic heterocycles. The van der Waals surface area contributed by atoms with Crippen molar-refractivity contribution in [3.8, 4) is 17.0 Å². The minimum absolute atomic E-state index is 0.148. The van der Waals surface area contributed by atoms with Crippen molar-refractivity contribution in [1.82, 2.24) is 20.1 Å². The summed E-state index contributed by atoms with van der Waals surface area (Å²) in [4.78, 5) is 18.3. The summed E-state index contributed by atoms with van der Waals surface area (Å²) in [5.74, 6) is 0.290. The van der Waals surface area contributed by atoms with Crippen molar-refractivity contribution in [1.29, 1.82) is 0 Å². The highest BCUT2D eigenvalue weighted by Crippen LogP contribution is 2.38. The lowest BCUT2D eigenvalue weighted by Gasteiger charge is -2.16. The molecule has 3 heterocycles. The van der Waals surface area contributed by atoms with E-state index in [1.54, 1.807) is 18.5 Å². The summed E-state index contributed by atoms with van der Waals surface area (Å²) in [5.41, 5.74) is -0.535. The van der Waals surface area contributed by atoms with E-state index in [-0.39, 0.29) is 23.1 Å². The van der Waals surface area contributed by atoms with E-state index in [0.29, 0.717) is 41.7 Å². The molecule has 10 heteroatoms. The summed E-state index contributed by atoms with van der Waals surface area (Å²) in [6.07, 6.45) is 1.22. The van der Waals surface area contributed by atoms with Crippen LogP contribution in [0.1, 0.15) is 24.8 Å². The van der Waals surface area contributed by atoms with Crippen molar-refractivity contribution in [3.05, 3.63) is 42.2 Å². The van der Waals surface area contributed by atoms with Gasteiger partial charge in [-0.15, -0.1) is 10.2 Å². The predicted molar refractivity (Wildman–Crippen MR) is 111 cm³/mol. The molecule has 32 heavy (non-hydrogen) atoms. The maximum Gasteiger partial charge on any atom is 0.416 e. The number of fused-ring (bicyclic) bond motifs is 1. The predicted octanol–water partition coefficient (Wildman–Crippen LogP) is 3.84. The number of benzene rings is 1. The summed E-state index contributed by atoms with van der Waals surface area (Å²) >= 11 is 0. The second-order valence-electron chi connectivity index (χ2n) is 8.28. The molecule has 0 bridgehead atoms. The number of rotatable bonds is 5. The molecule has 3 aromatic rings. The van der Waals surface area contributed by atoms with E-state index >= 15 is 0 Å². The number of hydrogen-bond donors (Lipinski definition) is 2. The minimum atomic E-state index is -4.56. The lowest BCUT2D eigenvalue weighted by molar-refractivity contribution is -0.137. The zero-order chi connectivity index (χ0) is 22.5. The van der Waals surface area contributed by atoms with Crippen LogP contribution in [0.25, 0.3) is 22.0 Å². The number of carbonyl (C=O) groups is 1. The van der Waals surface area contributed by atoms with E-state index < -0.39 is 17.5 Å². The Bertz CT molecular complexity index is 1200. The van der Waals surface area contributed by atoms with Crippen LogP contribution in [0.2, 0.25) is 0 Å². The average Bonchev–Trinajstić information content (AvgIpc) is 3.54. The lowest BCUT2D eigenvalue weighted by Crippen LogP contribution is -2.28. The first-order chi connectivity index (χ1) is 15.3. The van der Waals surface area contributed by atoms with Gasteiger partial charge in [0.25, 0.3) is 0 Å². The number of phenolic OH excluding ortho intramolecular Hbond substituents is 1. The molecule has 1 saturated carbocycles. The van der Waals surface area contributed by atoms with Gasteiger partial charge in [-0.3, -0.25) is 9.78 Å². The first-order valence-electron chi connectivity index (χ1n) is 10.4. The van der Waals surface area contributed by atoms with Crippen LogP contribution in [0.4, 0.5) is 19.0 Å². The monoisotopic (exact) mass is 443 g/mol. The Hall–Kier alpha value is -3.43. The van der Waals surface area contributed by atoms with E-state index in [1.807, 2.05) is 4.90 Å². The van der Waals surface area contributed by atoms with E-state index in [2.05, 4.69) is 20.5 Å². The van der Waals surface area contributed by atoms with Crippen LogP contribution in [-0.2, 0) is 11.0 Å². The molecule has 2 aliphatic rings. The molecular weight excluding hydrogens is 423 g/mol. The lowest BCUT2D eigenvalue weighted by atomic mass is 10.0. The zero-order valence-corrected chi connectivity index (χ0v) is 16.9. The average molecular weight is 443 g/mol. The largest absolute Gasteiger partial charge is 0.507 e. The van der Waals surface area contributed by atoms with Gasteiger partial charge in [-0.2, -0.15) is 13.2 Å². The van der Waals surface area contributed by atoms with E-state index in [1.165, 1.54) is 6.07 Å². The van der Waals surface area contributed by atoms with Gasteiger partial charge in [0.15, 0.2) is 5.82 Å². The number of anilines is 1. The van der Waals surface area contributed by atoms with Gasteiger partial charge < -0.3 is 15.3 Å². The molecule has 7 nitrogen and oxygen atoms in total. The smallest absolute Gasteiger partial charge is 0.416 e. The maximum absolute atomic E-state index is 12.9. The molecule has 0 radical (unpaired) electrons. The minimum Gasteiger partial charge on any atom is -0.507 e. The van der Waals surface area contributed by atoms with Gasteiger partial charge >= 0.3 is 6.18 Å². The van der Waals surface area contributed by atoms with Gasteiger partial charge in [-0.25, -0.2) is 0 Å². The van der Waals surface area contributed by atoms with E-state index in [9.17, 15) is 23.1 Å². The summed E-state index contributed by atoms with van der Waals surface area (Å²) in [5, 5.41) is 23.1. The van der Waals surface area contributed by atoms with Gasteiger partial charge in [0, 0.05) is 60.2 Å². The number of hydrogen-bond acceptors (Lipinski definition) is 6. The number of likely N-dealkylation sites (tertiary alicyclic amines) is 1. The fourth-order valence-corrected chi connectivity index (χ4v) is 4.16. The Morgan fingerprint density at radius 1 is 1.16 bits per heavy atom. The number of pyridine rings is 1. The normalized spacial score (nSPS) is 19.0. The highest BCUT2D eigenvalue weighted by atomic mass is 19.4. The summed E-state index contributed by atoms with van der Waals surface area (Å²) < 4.78 is 38.8. The molecule has 2 fully saturated rings. The van der Waals surface area contributed by atoms with Crippen LogP contribution in [0.15, 0.2) is 36.7 Å². The van der Waals surface area contributed by atoms with Crippen LogP contribution in [-0.4, -0.2) is 50.2 Å². The molecule has 166 valence electrons.